The van der Waals surface area contributed by atoms with Crippen molar-refractivity contribution in [2.45, 2.75) is 13.3 Å². The zero-order chi connectivity index (χ0) is 21.1. The van der Waals surface area contributed by atoms with Gasteiger partial charge in [0.1, 0.15) is 11.6 Å². The van der Waals surface area contributed by atoms with Crippen molar-refractivity contribution in [3.63, 3.8) is 0 Å². The Morgan fingerprint density at radius 2 is 1.87 bits per heavy atom. The van der Waals surface area contributed by atoms with Gasteiger partial charge in [-0.1, -0.05) is 30.8 Å². The molecule has 5 nitrogen and oxygen atoms in total. The van der Waals surface area contributed by atoms with Crippen molar-refractivity contribution in [2.24, 2.45) is 0 Å². The third kappa shape index (κ3) is 4.01. The van der Waals surface area contributed by atoms with E-state index in [1.54, 1.807) is 0 Å². The molecule has 0 fully saturated rings. The average molecular weight is 396 g/mol. The summed E-state index contributed by atoms with van der Waals surface area (Å²) in [4.78, 5) is 16.0. The Hall–Kier alpha value is -3.73. The fourth-order valence-corrected chi connectivity index (χ4v) is 3.49. The number of nitrogens with one attached hydrogen (secondary N) is 1. The number of nitrogens with zero attached hydrogens (tertiary/aromatic N) is 4. The van der Waals surface area contributed by atoms with Gasteiger partial charge in [0.2, 0.25) is 0 Å². The molecular weight excluding hydrogens is 370 g/mol. The second kappa shape index (κ2) is 8.33. The van der Waals surface area contributed by atoms with Crippen molar-refractivity contribution >= 4 is 28.1 Å². The van der Waals surface area contributed by atoms with Gasteiger partial charge in [0.15, 0.2) is 0 Å². The van der Waals surface area contributed by atoms with Gasteiger partial charge in [0.25, 0.3) is 0 Å². The predicted molar refractivity (Wildman–Crippen MR) is 124 cm³/mol. The molecule has 4 aromatic rings. The molecular formula is C25H25N5. The number of aromatic nitrogens is 3. The third-order valence-electron chi connectivity index (χ3n) is 5.17. The van der Waals surface area contributed by atoms with E-state index in [9.17, 15) is 0 Å². The van der Waals surface area contributed by atoms with E-state index in [4.69, 9.17) is 4.98 Å². The standard InChI is InChI=1S/C25H25N5/c1-17(26-3)20-12-13-21(27-16-20)14-19-8-7-9-22(15-19)30(4)25-23-10-5-6-11-24(23)28-18(2)29-25/h5-13,15-16,26H,1,14H2,2-4H3. The lowest BCUT2D eigenvalue weighted by atomic mass is 10.1. The zero-order valence-electron chi connectivity index (χ0n) is 17.6. The Morgan fingerprint density at radius 1 is 1.03 bits per heavy atom. The zero-order valence-corrected chi connectivity index (χ0v) is 17.6. The number of para-hydroxylation sites is 1. The van der Waals surface area contributed by atoms with E-state index >= 15 is 0 Å². The monoisotopic (exact) mass is 395 g/mol. The lowest BCUT2D eigenvalue weighted by Crippen LogP contribution is -2.13. The van der Waals surface area contributed by atoms with Crippen LogP contribution in [0.1, 0.15) is 22.6 Å². The van der Waals surface area contributed by atoms with Crippen LogP contribution in [0.25, 0.3) is 16.6 Å². The van der Waals surface area contributed by atoms with E-state index in [-0.39, 0.29) is 0 Å². The highest BCUT2D eigenvalue weighted by molar-refractivity contribution is 5.91. The van der Waals surface area contributed by atoms with Gasteiger partial charge in [-0.25, -0.2) is 9.97 Å². The Labute approximate surface area is 177 Å². The predicted octanol–water partition coefficient (Wildman–Crippen LogP) is 4.88. The largest absolute Gasteiger partial charge is 0.388 e. The molecule has 0 amide bonds. The first-order chi connectivity index (χ1) is 14.5. The summed E-state index contributed by atoms with van der Waals surface area (Å²) in [5.41, 5.74) is 6.12. The quantitative estimate of drug-likeness (QED) is 0.504. The molecule has 0 saturated carbocycles. The number of aryl methyl sites for hydroxylation is 1. The summed E-state index contributed by atoms with van der Waals surface area (Å²) in [5, 5.41) is 4.09. The molecule has 0 aliphatic rings. The molecule has 0 saturated heterocycles. The molecule has 0 bridgehead atoms. The highest BCUT2D eigenvalue weighted by Crippen LogP contribution is 2.29. The van der Waals surface area contributed by atoms with Crippen molar-refractivity contribution in [3.8, 4) is 0 Å². The molecule has 0 spiro atoms. The highest BCUT2D eigenvalue weighted by atomic mass is 15.2. The number of hydrogen-bond donors (Lipinski definition) is 1. The average Bonchev–Trinajstić information content (AvgIpc) is 2.78. The number of hydrogen-bond acceptors (Lipinski definition) is 5. The number of benzene rings is 2. The lowest BCUT2D eigenvalue weighted by molar-refractivity contribution is 1.03. The van der Waals surface area contributed by atoms with Crippen molar-refractivity contribution in [3.05, 3.63) is 96.1 Å². The van der Waals surface area contributed by atoms with Gasteiger partial charge in [-0.2, -0.15) is 0 Å². The number of fused-ring (bicyclic) bond motifs is 1. The number of pyridine rings is 1. The Balaban J connectivity index is 1.62. The molecule has 0 atom stereocenters. The highest BCUT2D eigenvalue weighted by Gasteiger charge is 2.12. The van der Waals surface area contributed by atoms with E-state index in [1.165, 1.54) is 5.56 Å². The minimum absolute atomic E-state index is 0.761. The molecule has 2 aromatic carbocycles. The fraction of sp³-hybridized carbons (Fsp3) is 0.160. The molecule has 4 rings (SSSR count). The van der Waals surface area contributed by atoms with E-state index < -0.39 is 0 Å². The minimum atomic E-state index is 0.761. The maximum absolute atomic E-state index is 4.71. The first kappa shape index (κ1) is 19.6. The number of rotatable bonds is 6. The Kier molecular flexibility index (Phi) is 5.44. The molecule has 0 aliphatic carbocycles. The molecule has 2 aromatic heterocycles. The summed E-state index contributed by atoms with van der Waals surface area (Å²) < 4.78 is 0. The fourth-order valence-electron chi connectivity index (χ4n) is 3.49. The summed E-state index contributed by atoms with van der Waals surface area (Å²) in [6.45, 7) is 5.91. The topological polar surface area (TPSA) is 53.9 Å². The van der Waals surface area contributed by atoms with Crippen LogP contribution in [0, 0.1) is 6.92 Å². The molecule has 5 heteroatoms. The summed E-state index contributed by atoms with van der Waals surface area (Å²) in [5.74, 6) is 1.67. The normalized spacial score (nSPS) is 10.8. The van der Waals surface area contributed by atoms with Crippen LogP contribution in [0.3, 0.4) is 0 Å². The van der Waals surface area contributed by atoms with Gasteiger partial charge >= 0.3 is 0 Å². The molecule has 150 valence electrons. The smallest absolute Gasteiger partial charge is 0.144 e. The first-order valence-corrected chi connectivity index (χ1v) is 9.93. The maximum Gasteiger partial charge on any atom is 0.144 e. The van der Waals surface area contributed by atoms with Crippen LogP contribution in [0.5, 0.6) is 0 Å². The van der Waals surface area contributed by atoms with E-state index in [0.29, 0.717) is 0 Å². The molecule has 0 unspecified atom stereocenters. The van der Waals surface area contributed by atoms with Crippen LogP contribution in [0.2, 0.25) is 0 Å². The van der Waals surface area contributed by atoms with Crippen LogP contribution in [0.4, 0.5) is 11.5 Å². The molecule has 1 N–H and O–H groups in total. The van der Waals surface area contributed by atoms with Gasteiger partial charge < -0.3 is 10.2 Å². The van der Waals surface area contributed by atoms with Crippen LogP contribution in [-0.2, 0) is 6.42 Å². The van der Waals surface area contributed by atoms with Crippen LogP contribution < -0.4 is 10.2 Å². The molecule has 0 aliphatic heterocycles. The summed E-state index contributed by atoms with van der Waals surface area (Å²) in [6.07, 6.45) is 2.62. The third-order valence-corrected chi connectivity index (χ3v) is 5.17. The minimum Gasteiger partial charge on any atom is -0.388 e. The van der Waals surface area contributed by atoms with Crippen LogP contribution >= 0.6 is 0 Å². The summed E-state index contributed by atoms with van der Waals surface area (Å²) in [7, 11) is 3.91. The lowest BCUT2D eigenvalue weighted by Gasteiger charge is -2.21. The van der Waals surface area contributed by atoms with Gasteiger partial charge in [0, 0.05) is 54.7 Å². The van der Waals surface area contributed by atoms with Gasteiger partial charge in [-0.15, -0.1) is 0 Å². The molecule has 2 heterocycles. The Bertz CT molecular complexity index is 1200. The SMILES string of the molecule is C=C(NC)c1ccc(Cc2cccc(N(C)c3nc(C)nc4ccccc34)c2)nc1. The van der Waals surface area contributed by atoms with E-state index in [0.717, 1.165) is 51.6 Å². The van der Waals surface area contributed by atoms with Crippen molar-refractivity contribution < 1.29 is 0 Å². The second-order valence-corrected chi connectivity index (χ2v) is 7.28. The maximum atomic E-state index is 4.71. The van der Waals surface area contributed by atoms with Gasteiger partial charge in [-0.05, 0) is 48.9 Å². The Morgan fingerprint density at radius 3 is 2.63 bits per heavy atom. The van der Waals surface area contributed by atoms with Crippen LogP contribution in [0.15, 0.2) is 73.4 Å². The second-order valence-electron chi connectivity index (χ2n) is 7.28. The number of anilines is 2. The van der Waals surface area contributed by atoms with E-state index in [1.807, 2.05) is 51.5 Å². The molecule has 30 heavy (non-hydrogen) atoms. The van der Waals surface area contributed by atoms with Gasteiger partial charge in [-0.3, -0.25) is 4.98 Å². The summed E-state index contributed by atoms with van der Waals surface area (Å²) in [6, 6.07) is 20.7. The van der Waals surface area contributed by atoms with Crippen LogP contribution in [-0.4, -0.2) is 29.0 Å². The van der Waals surface area contributed by atoms with Gasteiger partial charge in [0.05, 0.1) is 5.52 Å². The van der Waals surface area contributed by atoms with Crippen molar-refractivity contribution in [1.82, 2.24) is 20.3 Å². The first-order valence-electron chi connectivity index (χ1n) is 9.93. The van der Waals surface area contributed by atoms with Crippen molar-refractivity contribution in [2.75, 3.05) is 19.0 Å². The van der Waals surface area contributed by atoms with Crippen molar-refractivity contribution in [1.29, 1.82) is 0 Å². The summed E-state index contributed by atoms with van der Waals surface area (Å²) >= 11 is 0. The molecule has 0 radical (unpaired) electrons. The van der Waals surface area contributed by atoms with E-state index in [2.05, 4.69) is 63.2 Å².